The topological polar surface area (TPSA) is 34.9 Å². The molecule has 0 N–H and O–H groups in total. The van der Waals surface area contributed by atoms with Crippen LogP contribution in [0.2, 0.25) is 0 Å². The zero-order valence-corrected chi connectivity index (χ0v) is 14.1. The third-order valence-electron chi connectivity index (χ3n) is 4.20. The fourth-order valence-electron chi connectivity index (χ4n) is 2.89. The van der Waals surface area contributed by atoms with Crippen LogP contribution in [0.15, 0.2) is 70.8 Å². The molecule has 0 saturated carbocycles. The number of hydrogen-bond donors (Lipinski definition) is 0. The summed E-state index contributed by atoms with van der Waals surface area (Å²) in [5, 5.41) is 8.35. The van der Waals surface area contributed by atoms with Crippen LogP contribution >= 0.6 is 11.3 Å². The summed E-state index contributed by atoms with van der Waals surface area (Å²) >= 11 is 1.64. The molecular weight excluding hydrogens is 316 g/mol. The van der Waals surface area contributed by atoms with Crippen molar-refractivity contribution >= 4 is 22.1 Å². The maximum atomic E-state index is 12.9. The lowest BCUT2D eigenvalue weighted by Gasteiger charge is -2.11. The monoisotopic (exact) mass is 332 g/mol. The van der Waals surface area contributed by atoms with Crippen molar-refractivity contribution in [3.63, 3.8) is 0 Å². The summed E-state index contributed by atoms with van der Waals surface area (Å²) in [6.07, 6.45) is 0. The second kappa shape index (κ2) is 6.06. The van der Waals surface area contributed by atoms with Crippen molar-refractivity contribution < 1.29 is 0 Å². The molecule has 118 valence electrons. The van der Waals surface area contributed by atoms with Crippen LogP contribution < -0.4 is 5.56 Å². The van der Waals surface area contributed by atoms with E-state index >= 15 is 0 Å². The third kappa shape index (κ3) is 2.55. The van der Waals surface area contributed by atoms with Gasteiger partial charge in [-0.3, -0.25) is 4.79 Å². The van der Waals surface area contributed by atoms with E-state index in [9.17, 15) is 4.79 Å². The maximum Gasteiger partial charge on any atom is 0.274 e. The number of aromatic nitrogens is 2. The first-order valence-electron chi connectivity index (χ1n) is 7.82. The van der Waals surface area contributed by atoms with E-state index in [1.54, 1.807) is 16.0 Å². The molecule has 0 aliphatic carbocycles. The minimum Gasteiger partial charge on any atom is -0.267 e. The lowest BCUT2D eigenvalue weighted by atomic mass is 10.1. The number of thiophene rings is 1. The maximum absolute atomic E-state index is 12.9. The van der Waals surface area contributed by atoms with Gasteiger partial charge in [-0.25, -0.2) is 4.68 Å². The first-order chi connectivity index (χ1) is 11.7. The average Bonchev–Trinajstić information content (AvgIpc) is 3.14. The van der Waals surface area contributed by atoms with Crippen LogP contribution in [0.3, 0.4) is 0 Å². The molecule has 24 heavy (non-hydrogen) atoms. The Labute approximate surface area is 143 Å². The smallest absolute Gasteiger partial charge is 0.267 e. The van der Waals surface area contributed by atoms with Crippen molar-refractivity contribution in [2.45, 2.75) is 13.5 Å². The van der Waals surface area contributed by atoms with Crippen LogP contribution in [-0.4, -0.2) is 9.78 Å². The fraction of sp³-hybridized carbons (Fsp3) is 0.100. The zero-order valence-electron chi connectivity index (χ0n) is 13.3. The van der Waals surface area contributed by atoms with E-state index in [0.717, 1.165) is 27.1 Å². The van der Waals surface area contributed by atoms with Gasteiger partial charge in [-0.1, -0.05) is 48.5 Å². The average molecular weight is 332 g/mol. The van der Waals surface area contributed by atoms with E-state index in [2.05, 4.69) is 13.0 Å². The highest BCUT2D eigenvalue weighted by molar-refractivity contribution is 7.13. The van der Waals surface area contributed by atoms with Gasteiger partial charge in [-0.15, -0.1) is 11.3 Å². The highest BCUT2D eigenvalue weighted by atomic mass is 32.1. The minimum absolute atomic E-state index is 0.0471. The molecule has 2 heterocycles. The number of nitrogens with zero attached hydrogens (tertiary/aromatic N) is 2. The summed E-state index contributed by atoms with van der Waals surface area (Å²) in [5.74, 6) is 0. The molecule has 0 aliphatic heterocycles. The molecule has 4 aromatic rings. The molecule has 0 saturated heterocycles. The molecule has 2 aromatic carbocycles. The van der Waals surface area contributed by atoms with Crippen LogP contribution in [0, 0.1) is 6.92 Å². The van der Waals surface area contributed by atoms with E-state index < -0.39 is 0 Å². The standard InChI is InChI=1S/C20H16N2OS/c1-14-7-2-3-8-15(14)13-22-20(23)17-10-5-4-9-16(17)19(21-22)18-11-6-12-24-18/h2-12H,13H2,1H3. The second-order valence-electron chi connectivity index (χ2n) is 5.76. The second-order valence-corrected chi connectivity index (χ2v) is 6.71. The van der Waals surface area contributed by atoms with Gasteiger partial charge in [0.2, 0.25) is 0 Å². The van der Waals surface area contributed by atoms with E-state index in [1.807, 2.05) is 60.0 Å². The highest BCUT2D eigenvalue weighted by Gasteiger charge is 2.13. The normalized spacial score (nSPS) is 11.0. The van der Waals surface area contributed by atoms with Crippen LogP contribution in [0.4, 0.5) is 0 Å². The third-order valence-corrected chi connectivity index (χ3v) is 5.08. The predicted molar refractivity (Wildman–Crippen MR) is 99.6 cm³/mol. The van der Waals surface area contributed by atoms with Crippen LogP contribution in [0.5, 0.6) is 0 Å². The predicted octanol–water partition coefficient (Wildman–Crippen LogP) is 4.48. The summed E-state index contributed by atoms with van der Waals surface area (Å²) in [5.41, 5.74) is 3.10. The molecule has 2 aromatic heterocycles. The molecule has 0 unspecified atom stereocenters. The fourth-order valence-corrected chi connectivity index (χ4v) is 3.61. The molecular formula is C20H16N2OS. The van der Waals surface area contributed by atoms with Crippen molar-refractivity contribution in [3.05, 3.63) is 87.5 Å². The molecule has 0 atom stereocenters. The van der Waals surface area contributed by atoms with Gasteiger partial charge in [-0.2, -0.15) is 5.10 Å². The van der Waals surface area contributed by atoms with Gasteiger partial charge in [0.25, 0.3) is 5.56 Å². The molecule has 0 aliphatic rings. The SMILES string of the molecule is Cc1ccccc1Cn1nc(-c2cccs2)c2ccccc2c1=O. The van der Waals surface area contributed by atoms with Gasteiger partial charge in [-0.05, 0) is 35.6 Å². The van der Waals surface area contributed by atoms with E-state index in [1.165, 1.54) is 0 Å². The Bertz CT molecular complexity index is 1060. The van der Waals surface area contributed by atoms with Crippen LogP contribution in [0.25, 0.3) is 21.3 Å². The van der Waals surface area contributed by atoms with Gasteiger partial charge >= 0.3 is 0 Å². The van der Waals surface area contributed by atoms with Gasteiger partial charge in [0.15, 0.2) is 0 Å². The van der Waals surface area contributed by atoms with E-state index in [4.69, 9.17) is 5.10 Å². The Morgan fingerprint density at radius 2 is 1.71 bits per heavy atom. The Hall–Kier alpha value is -2.72. The van der Waals surface area contributed by atoms with Crippen molar-refractivity contribution in [2.75, 3.05) is 0 Å². The van der Waals surface area contributed by atoms with Gasteiger partial charge in [0.05, 0.1) is 16.8 Å². The summed E-state index contributed by atoms with van der Waals surface area (Å²) in [4.78, 5) is 13.9. The van der Waals surface area contributed by atoms with Crippen LogP contribution in [-0.2, 0) is 6.54 Å². The molecule has 0 fully saturated rings. The molecule has 4 rings (SSSR count). The number of hydrogen-bond acceptors (Lipinski definition) is 3. The number of rotatable bonds is 3. The van der Waals surface area contributed by atoms with Crippen molar-refractivity contribution in [3.8, 4) is 10.6 Å². The van der Waals surface area contributed by atoms with Crippen molar-refractivity contribution in [1.29, 1.82) is 0 Å². The minimum atomic E-state index is -0.0471. The quantitative estimate of drug-likeness (QED) is 0.554. The Morgan fingerprint density at radius 3 is 2.46 bits per heavy atom. The number of fused-ring (bicyclic) bond motifs is 1. The lowest BCUT2D eigenvalue weighted by molar-refractivity contribution is 0.649. The van der Waals surface area contributed by atoms with Gasteiger partial charge in [0, 0.05) is 5.39 Å². The molecule has 0 spiro atoms. The molecule has 3 nitrogen and oxygen atoms in total. The lowest BCUT2D eigenvalue weighted by Crippen LogP contribution is -2.24. The molecule has 0 bridgehead atoms. The summed E-state index contributed by atoms with van der Waals surface area (Å²) < 4.78 is 1.58. The molecule has 4 heteroatoms. The Balaban J connectivity index is 1.95. The Morgan fingerprint density at radius 1 is 0.958 bits per heavy atom. The summed E-state index contributed by atoms with van der Waals surface area (Å²) in [6, 6.07) is 19.9. The first kappa shape index (κ1) is 14.8. The van der Waals surface area contributed by atoms with Gasteiger partial charge in [0.1, 0.15) is 5.69 Å². The number of benzene rings is 2. The van der Waals surface area contributed by atoms with Crippen molar-refractivity contribution in [1.82, 2.24) is 9.78 Å². The summed E-state index contributed by atoms with van der Waals surface area (Å²) in [7, 11) is 0. The van der Waals surface area contributed by atoms with Crippen molar-refractivity contribution in [2.24, 2.45) is 0 Å². The summed E-state index contributed by atoms with van der Waals surface area (Å²) in [6.45, 7) is 2.54. The van der Waals surface area contributed by atoms with E-state index in [-0.39, 0.29) is 5.56 Å². The molecule has 0 radical (unpaired) electrons. The largest absolute Gasteiger partial charge is 0.274 e. The van der Waals surface area contributed by atoms with E-state index in [0.29, 0.717) is 11.9 Å². The number of aryl methyl sites for hydroxylation is 1. The van der Waals surface area contributed by atoms with Gasteiger partial charge < -0.3 is 0 Å². The van der Waals surface area contributed by atoms with Crippen LogP contribution in [0.1, 0.15) is 11.1 Å². The zero-order chi connectivity index (χ0) is 16.5. The first-order valence-corrected chi connectivity index (χ1v) is 8.70. The Kier molecular flexibility index (Phi) is 3.75. The molecule has 0 amide bonds. The highest BCUT2D eigenvalue weighted by Crippen LogP contribution is 2.28.